The van der Waals surface area contributed by atoms with Crippen LogP contribution in [0.1, 0.15) is 209 Å². The number of unbranched alkanes of at least 4 members (excludes halogenated alkanes) is 22. The molecule has 0 fully saturated rings. The summed E-state index contributed by atoms with van der Waals surface area (Å²) in [6.07, 6.45) is 34.0. The van der Waals surface area contributed by atoms with E-state index in [2.05, 4.69) is 55.4 Å². The third-order valence-corrected chi connectivity index (χ3v) is 6.57. The van der Waals surface area contributed by atoms with Crippen molar-refractivity contribution in [2.45, 2.75) is 209 Å². The van der Waals surface area contributed by atoms with Crippen molar-refractivity contribution in [2.75, 3.05) is 11.5 Å². The summed E-state index contributed by atoms with van der Waals surface area (Å²) < 4.78 is 0. The van der Waals surface area contributed by atoms with Crippen molar-refractivity contribution in [1.82, 2.24) is 0 Å². The van der Waals surface area contributed by atoms with Gasteiger partial charge in [0.05, 0.1) is 0 Å². The van der Waals surface area contributed by atoms with Gasteiger partial charge in [-0.3, -0.25) is 0 Å². The Morgan fingerprint density at radius 3 is 0.564 bits per heavy atom. The Morgan fingerprint density at radius 2 is 0.436 bits per heavy atom. The summed E-state index contributed by atoms with van der Waals surface area (Å²) in [6.45, 7) is 17.1. The van der Waals surface area contributed by atoms with E-state index in [1.54, 1.807) is 0 Å². The second-order valence-electron chi connectivity index (χ2n) is 12.2. The van der Waals surface area contributed by atoms with Crippen LogP contribution in [0.2, 0.25) is 0 Å². The van der Waals surface area contributed by atoms with E-state index in [-0.39, 0.29) is 23.9 Å². The fourth-order valence-corrected chi connectivity index (χ4v) is 4.29. The summed E-state index contributed by atoms with van der Waals surface area (Å²) in [5, 5.41) is 0. The molecule has 3 heteroatoms. The normalized spacial score (nSPS) is 10.2. The first-order chi connectivity index (χ1) is 18.3. The minimum Gasteiger partial charge on any atom is -0.793 e. The van der Waals surface area contributed by atoms with E-state index in [4.69, 9.17) is 25.3 Å². The Labute approximate surface area is 280 Å². The predicted octanol–water partition coefficient (Wildman–Crippen LogP) is 13.3. The standard InChI is InChI=1S/2C14H30S.2C4H9.Sn/c2*1-2-3-4-5-6-7-8-9-10-11-12-13-14-15;2*1-4(2)3;/h2*15H,2-14H2,1H3;2*1-3H3;/q;;;;+2/p-2. The average Bonchev–Trinajstić information content (AvgIpc) is 2.86. The largest absolute Gasteiger partial charge is 2.00 e. The Hall–Kier alpha value is 1.50. The van der Waals surface area contributed by atoms with Crippen molar-refractivity contribution in [1.29, 1.82) is 0 Å². The number of hydrogen-bond donors (Lipinski definition) is 0. The molecule has 0 aromatic heterocycles. The molecule has 0 saturated carbocycles. The van der Waals surface area contributed by atoms with E-state index >= 15 is 0 Å². The van der Waals surface area contributed by atoms with Crippen LogP contribution in [0.5, 0.6) is 0 Å². The molecule has 0 heterocycles. The zero-order valence-electron chi connectivity index (χ0n) is 28.7. The molecule has 0 N–H and O–H groups in total. The monoisotopic (exact) mass is 692 g/mol. The maximum absolute atomic E-state index is 4.92. The van der Waals surface area contributed by atoms with Crippen LogP contribution in [0, 0.1) is 11.8 Å². The van der Waals surface area contributed by atoms with Gasteiger partial charge >= 0.3 is 23.9 Å². The SMILES string of the molecule is CCCCCCCCCCCCCC[S-].CCCCCCCCCCCCCC[S-].C[C](C)C.C[C](C)C.[Sn+2]. The Morgan fingerprint density at radius 1 is 0.308 bits per heavy atom. The van der Waals surface area contributed by atoms with Gasteiger partial charge in [0.2, 0.25) is 0 Å². The van der Waals surface area contributed by atoms with Crippen LogP contribution < -0.4 is 0 Å². The van der Waals surface area contributed by atoms with Crippen LogP contribution in [-0.4, -0.2) is 35.4 Å². The summed E-state index contributed by atoms with van der Waals surface area (Å²) in [5.41, 5.74) is 0. The first-order valence-corrected chi connectivity index (χ1v) is 18.1. The van der Waals surface area contributed by atoms with E-state index in [0.29, 0.717) is 0 Å². The summed E-state index contributed by atoms with van der Waals surface area (Å²) in [6, 6.07) is 0. The molecule has 0 bridgehead atoms. The molecule has 0 aliphatic rings. The van der Waals surface area contributed by atoms with Gasteiger partial charge in [0.15, 0.2) is 0 Å². The molecule has 39 heavy (non-hydrogen) atoms. The van der Waals surface area contributed by atoms with E-state index < -0.39 is 0 Å². The van der Waals surface area contributed by atoms with E-state index in [1.165, 1.54) is 166 Å². The molecule has 0 saturated heterocycles. The molecule has 0 spiro atoms. The van der Waals surface area contributed by atoms with Crippen molar-refractivity contribution in [3.8, 4) is 0 Å². The molecule has 0 aliphatic heterocycles. The van der Waals surface area contributed by atoms with Gasteiger partial charge in [0.1, 0.15) is 0 Å². The number of rotatable bonds is 24. The van der Waals surface area contributed by atoms with Gasteiger partial charge in [0.25, 0.3) is 0 Å². The summed E-state index contributed by atoms with van der Waals surface area (Å²) >= 11 is 9.84. The third-order valence-electron chi connectivity index (χ3n) is 6.00. The minimum atomic E-state index is 0. The second-order valence-corrected chi connectivity index (χ2v) is 13.0. The molecule has 0 aromatic carbocycles. The first kappa shape index (κ1) is 50.1. The van der Waals surface area contributed by atoms with Gasteiger partial charge in [-0.05, 0) is 11.8 Å². The van der Waals surface area contributed by atoms with Crippen LogP contribution in [-0.2, 0) is 25.3 Å². The van der Waals surface area contributed by atoms with Crippen LogP contribution in [0.4, 0.5) is 0 Å². The van der Waals surface area contributed by atoms with Crippen molar-refractivity contribution in [3.05, 3.63) is 11.8 Å². The molecule has 4 radical (unpaired) electrons. The number of hydrogen-bond acceptors (Lipinski definition) is 2. The van der Waals surface area contributed by atoms with Gasteiger partial charge in [-0.1, -0.05) is 209 Å². The molecule has 0 amide bonds. The Bertz CT molecular complexity index is 273. The van der Waals surface area contributed by atoms with Gasteiger partial charge in [0, 0.05) is 0 Å². The Kier molecular flexibility index (Phi) is 67.1. The van der Waals surface area contributed by atoms with Crippen molar-refractivity contribution in [3.63, 3.8) is 0 Å². The maximum Gasteiger partial charge on any atom is 2.00 e. The average molecular weight is 692 g/mol. The van der Waals surface area contributed by atoms with Crippen molar-refractivity contribution < 1.29 is 0 Å². The van der Waals surface area contributed by atoms with Gasteiger partial charge < -0.3 is 25.3 Å². The topological polar surface area (TPSA) is 0 Å². The molecule has 0 aliphatic carbocycles. The molecule has 0 rings (SSSR count). The van der Waals surface area contributed by atoms with Crippen molar-refractivity contribution in [2.24, 2.45) is 0 Å². The van der Waals surface area contributed by atoms with Gasteiger partial charge in [-0.25, -0.2) is 0 Å². The van der Waals surface area contributed by atoms with E-state index in [0.717, 1.165) is 11.5 Å². The summed E-state index contributed by atoms with van der Waals surface area (Å²) in [4.78, 5) is 0. The Balaban J connectivity index is -0.000000152. The zero-order chi connectivity index (χ0) is 29.5. The molecule has 0 atom stereocenters. The van der Waals surface area contributed by atoms with Crippen LogP contribution in [0.25, 0.3) is 0 Å². The fraction of sp³-hybridized carbons (Fsp3) is 0.944. The zero-order valence-corrected chi connectivity index (χ0v) is 33.2. The smallest absolute Gasteiger partial charge is 0.793 e. The first-order valence-electron chi connectivity index (χ1n) is 17.0. The van der Waals surface area contributed by atoms with Crippen LogP contribution in [0.15, 0.2) is 0 Å². The third kappa shape index (κ3) is 85.4. The summed E-state index contributed by atoms with van der Waals surface area (Å²) in [7, 11) is 0. The molecule has 0 unspecified atom stereocenters. The molecule has 236 valence electrons. The van der Waals surface area contributed by atoms with Crippen molar-refractivity contribution >= 4 is 49.2 Å². The second kappa shape index (κ2) is 52.2. The molecular formula is C36H76S2Sn. The van der Waals surface area contributed by atoms with Gasteiger partial charge in [-0.2, -0.15) is 11.5 Å². The maximum atomic E-state index is 4.92. The van der Waals surface area contributed by atoms with Crippen LogP contribution >= 0.6 is 0 Å². The molecule has 0 nitrogen and oxygen atoms in total. The summed E-state index contributed by atoms with van der Waals surface area (Å²) in [5.74, 6) is 4.74. The fourth-order valence-electron chi connectivity index (χ4n) is 3.89. The quantitative estimate of drug-likeness (QED) is 0.0561. The minimum absolute atomic E-state index is 0. The van der Waals surface area contributed by atoms with Crippen LogP contribution in [0.3, 0.4) is 0 Å². The molecule has 0 aromatic rings. The van der Waals surface area contributed by atoms with E-state index in [9.17, 15) is 0 Å². The van der Waals surface area contributed by atoms with E-state index in [1.807, 2.05) is 0 Å². The molecular weight excluding hydrogens is 615 g/mol. The van der Waals surface area contributed by atoms with Gasteiger partial charge in [-0.15, -0.1) is 0 Å². The predicted molar refractivity (Wildman–Crippen MR) is 193 cm³/mol.